The van der Waals surface area contributed by atoms with Gasteiger partial charge in [0, 0.05) is 5.69 Å². The fraction of sp³-hybridized carbons (Fsp3) is 0.182. The number of hydrogen-bond acceptors (Lipinski definition) is 4. The molecule has 5 nitrogen and oxygen atoms in total. The fourth-order valence-electron chi connectivity index (χ4n) is 1.08. The summed E-state index contributed by atoms with van der Waals surface area (Å²) in [5.41, 5.74) is 0.778. The van der Waals surface area contributed by atoms with Crippen LogP contribution in [0.3, 0.4) is 0 Å². The molecule has 1 aromatic rings. The van der Waals surface area contributed by atoms with Crippen molar-refractivity contribution in [2.24, 2.45) is 0 Å². The van der Waals surface area contributed by atoms with E-state index in [1.807, 2.05) is 0 Å². The molecule has 0 aliphatic rings. The molecule has 82 valence electrons. The van der Waals surface area contributed by atoms with E-state index in [-0.39, 0.29) is 12.2 Å². The summed E-state index contributed by atoms with van der Waals surface area (Å²) in [6.07, 6.45) is 1.98. The third kappa shape index (κ3) is 2.82. The van der Waals surface area contributed by atoms with E-state index in [0.717, 1.165) is 0 Å². The highest BCUT2D eigenvalue weighted by Crippen LogP contribution is 2.07. The van der Waals surface area contributed by atoms with Gasteiger partial charge >= 0.3 is 5.97 Å². The van der Waals surface area contributed by atoms with Crippen molar-refractivity contribution in [2.75, 3.05) is 6.61 Å². The number of ether oxygens (including phenoxy) is 1. The lowest BCUT2D eigenvalue weighted by atomic mass is 10.2. The van der Waals surface area contributed by atoms with Crippen molar-refractivity contribution < 1.29 is 14.3 Å². The topological polar surface area (TPSA) is 82.9 Å². The highest BCUT2D eigenvalue weighted by molar-refractivity contribution is 5.97. The smallest absolute Gasteiger partial charge is 0.348 e. The van der Waals surface area contributed by atoms with Gasteiger partial charge < -0.3 is 9.72 Å². The summed E-state index contributed by atoms with van der Waals surface area (Å²) < 4.78 is 4.69. The summed E-state index contributed by atoms with van der Waals surface area (Å²) in [5, 5.41) is 8.75. The number of carbonyl (C=O) groups excluding carboxylic acids is 2. The van der Waals surface area contributed by atoms with E-state index in [0.29, 0.717) is 17.7 Å². The van der Waals surface area contributed by atoms with Crippen LogP contribution >= 0.6 is 0 Å². The summed E-state index contributed by atoms with van der Waals surface area (Å²) >= 11 is 0. The number of nitriles is 1. The standard InChI is InChI=1S/C11H10N2O3/c1-2-16-11(15)8(6-12)5-9-3-4-10(7-14)13-9/h3-5,7,13H,2H2,1H3. The number of nitrogens with one attached hydrogen (secondary N) is 1. The molecule has 0 amide bonds. The van der Waals surface area contributed by atoms with Crippen molar-refractivity contribution in [1.82, 2.24) is 4.98 Å². The number of carbonyl (C=O) groups is 2. The van der Waals surface area contributed by atoms with Crippen LogP contribution in [0.15, 0.2) is 17.7 Å². The van der Waals surface area contributed by atoms with Crippen LogP contribution in [0.25, 0.3) is 6.08 Å². The molecular formula is C11H10N2O3. The quantitative estimate of drug-likeness (QED) is 0.357. The molecule has 0 spiro atoms. The van der Waals surface area contributed by atoms with E-state index in [1.165, 1.54) is 6.08 Å². The van der Waals surface area contributed by atoms with E-state index in [9.17, 15) is 9.59 Å². The molecule has 0 atom stereocenters. The van der Waals surface area contributed by atoms with Crippen molar-refractivity contribution in [3.8, 4) is 6.07 Å². The maximum absolute atomic E-state index is 11.3. The second-order valence-corrected chi connectivity index (χ2v) is 2.88. The molecule has 1 heterocycles. The van der Waals surface area contributed by atoms with Crippen molar-refractivity contribution in [1.29, 1.82) is 5.26 Å². The van der Waals surface area contributed by atoms with Crippen LogP contribution in [0.1, 0.15) is 23.1 Å². The first-order chi connectivity index (χ1) is 7.71. The van der Waals surface area contributed by atoms with Crippen LogP contribution in [-0.2, 0) is 9.53 Å². The van der Waals surface area contributed by atoms with Gasteiger partial charge in [-0.05, 0) is 25.1 Å². The van der Waals surface area contributed by atoms with Gasteiger partial charge in [-0.15, -0.1) is 0 Å². The number of rotatable bonds is 4. The maximum atomic E-state index is 11.3. The molecule has 0 fully saturated rings. The number of esters is 1. The molecule has 0 radical (unpaired) electrons. The molecule has 0 aromatic carbocycles. The van der Waals surface area contributed by atoms with E-state index < -0.39 is 5.97 Å². The van der Waals surface area contributed by atoms with E-state index in [2.05, 4.69) is 9.72 Å². The summed E-state index contributed by atoms with van der Waals surface area (Å²) in [6.45, 7) is 1.87. The largest absolute Gasteiger partial charge is 0.462 e. The molecule has 0 aliphatic carbocycles. The van der Waals surface area contributed by atoms with Crippen LogP contribution < -0.4 is 0 Å². The molecular weight excluding hydrogens is 208 g/mol. The van der Waals surface area contributed by atoms with Crippen molar-refractivity contribution in [3.63, 3.8) is 0 Å². The van der Waals surface area contributed by atoms with Crippen molar-refractivity contribution in [2.45, 2.75) is 6.92 Å². The second-order valence-electron chi connectivity index (χ2n) is 2.88. The van der Waals surface area contributed by atoms with Gasteiger partial charge in [-0.2, -0.15) is 5.26 Å². The molecule has 1 N–H and O–H groups in total. The lowest BCUT2D eigenvalue weighted by molar-refractivity contribution is -0.137. The number of nitrogens with zero attached hydrogens (tertiary/aromatic N) is 1. The minimum Gasteiger partial charge on any atom is -0.462 e. The van der Waals surface area contributed by atoms with Gasteiger partial charge in [0.2, 0.25) is 0 Å². The summed E-state index contributed by atoms with van der Waals surface area (Å²) in [7, 11) is 0. The zero-order chi connectivity index (χ0) is 12.0. The lowest BCUT2D eigenvalue weighted by Crippen LogP contribution is -2.06. The fourth-order valence-corrected chi connectivity index (χ4v) is 1.08. The normalized spacial score (nSPS) is 10.6. The average Bonchev–Trinajstić information content (AvgIpc) is 2.73. The monoisotopic (exact) mass is 218 g/mol. The number of aldehydes is 1. The van der Waals surface area contributed by atoms with E-state index in [1.54, 1.807) is 25.1 Å². The Morgan fingerprint density at radius 1 is 1.56 bits per heavy atom. The van der Waals surface area contributed by atoms with Gasteiger partial charge in [0.05, 0.1) is 12.3 Å². The van der Waals surface area contributed by atoms with Gasteiger partial charge in [0.15, 0.2) is 6.29 Å². The van der Waals surface area contributed by atoms with Crippen LogP contribution in [0, 0.1) is 11.3 Å². The number of H-pyrrole nitrogens is 1. The third-order valence-corrected chi connectivity index (χ3v) is 1.77. The maximum Gasteiger partial charge on any atom is 0.348 e. The Bertz CT molecular complexity index is 466. The van der Waals surface area contributed by atoms with Gasteiger partial charge in [0.25, 0.3) is 0 Å². The molecule has 5 heteroatoms. The average molecular weight is 218 g/mol. The predicted octanol–water partition coefficient (Wildman–Crippen LogP) is 1.30. The molecule has 1 rings (SSSR count). The minimum atomic E-state index is -0.674. The molecule has 0 bridgehead atoms. The highest BCUT2D eigenvalue weighted by Gasteiger charge is 2.09. The highest BCUT2D eigenvalue weighted by atomic mass is 16.5. The summed E-state index contributed by atoms with van der Waals surface area (Å²) in [6, 6.07) is 4.89. The van der Waals surface area contributed by atoms with Gasteiger partial charge in [-0.25, -0.2) is 4.79 Å². The van der Waals surface area contributed by atoms with Gasteiger partial charge in [0.1, 0.15) is 11.6 Å². The first-order valence-electron chi connectivity index (χ1n) is 4.64. The Labute approximate surface area is 92.3 Å². The Hall–Kier alpha value is -2.35. The molecule has 0 saturated heterocycles. The van der Waals surface area contributed by atoms with Crippen LogP contribution in [0.4, 0.5) is 0 Å². The van der Waals surface area contributed by atoms with Crippen LogP contribution in [-0.4, -0.2) is 23.8 Å². The Kier molecular flexibility index (Phi) is 4.04. The zero-order valence-corrected chi connectivity index (χ0v) is 8.69. The number of hydrogen-bond donors (Lipinski definition) is 1. The molecule has 0 aliphatic heterocycles. The number of aromatic amines is 1. The van der Waals surface area contributed by atoms with Crippen LogP contribution in [0.2, 0.25) is 0 Å². The van der Waals surface area contributed by atoms with E-state index in [4.69, 9.17) is 5.26 Å². The lowest BCUT2D eigenvalue weighted by Gasteiger charge is -1.98. The predicted molar refractivity (Wildman–Crippen MR) is 56.4 cm³/mol. The first-order valence-corrected chi connectivity index (χ1v) is 4.64. The van der Waals surface area contributed by atoms with Gasteiger partial charge in [-0.3, -0.25) is 4.79 Å². The Morgan fingerprint density at radius 3 is 2.75 bits per heavy atom. The van der Waals surface area contributed by atoms with Gasteiger partial charge in [-0.1, -0.05) is 0 Å². The summed E-state index contributed by atoms with van der Waals surface area (Å²) in [5.74, 6) is -0.674. The molecule has 1 aromatic heterocycles. The third-order valence-electron chi connectivity index (χ3n) is 1.77. The summed E-state index contributed by atoms with van der Waals surface area (Å²) in [4.78, 5) is 24.4. The van der Waals surface area contributed by atoms with E-state index >= 15 is 0 Å². The SMILES string of the molecule is CCOC(=O)C(C#N)=Cc1ccc(C=O)[nH]1. The number of aromatic nitrogens is 1. The molecule has 0 unspecified atom stereocenters. The first kappa shape index (κ1) is 11.7. The second kappa shape index (κ2) is 5.51. The minimum absolute atomic E-state index is 0.110. The van der Waals surface area contributed by atoms with Crippen molar-refractivity contribution >= 4 is 18.3 Å². The molecule has 0 saturated carbocycles. The van der Waals surface area contributed by atoms with Crippen LogP contribution in [0.5, 0.6) is 0 Å². The Balaban J connectivity index is 2.92. The zero-order valence-electron chi connectivity index (χ0n) is 8.69. The molecule has 16 heavy (non-hydrogen) atoms. The Morgan fingerprint density at radius 2 is 2.25 bits per heavy atom. The van der Waals surface area contributed by atoms with Crippen molar-refractivity contribution in [3.05, 3.63) is 29.1 Å².